The summed E-state index contributed by atoms with van der Waals surface area (Å²) in [6.45, 7) is 1.77. The van der Waals surface area contributed by atoms with Crippen LogP contribution in [-0.4, -0.2) is 21.9 Å². The molecule has 1 heterocycles. The third-order valence-corrected chi connectivity index (χ3v) is 4.22. The van der Waals surface area contributed by atoms with Gasteiger partial charge in [0.1, 0.15) is 11.5 Å². The van der Waals surface area contributed by atoms with E-state index in [9.17, 15) is 19.7 Å². The quantitative estimate of drug-likeness (QED) is 0.340. The van der Waals surface area contributed by atoms with E-state index in [0.717, 1.165) is 5.56 Å². The first-order valence-electron chi connectivity index (χ1n) is 8.97. The Morgan fingerprint density at radius 2 is 1.87 bits per heavy atom. The molecule has 0 atom stereocenters. The van der Waals surface area contributed by atoms with Crippen LogP contribution in [0.15, 0.2) is 65.1 Å². The van der Waals surface area contributed by atoms with Crippen molar-refractivity contribution >= 4 is 29.3 Å². The maximum Gasteiger partial charge on any atom is 0.307 e. The maximum absolute atomic E-state index is 12.1. The van der Waals surface area contributed by atoms with Crippen LogP contribution in [0.3, 0.4) is 0 Å². The summed E-state index contributed by atoms with van der Waals surface area (Å²) >= 11 is 0. The van der Waals surface area contributed by atoms with E-state index in [4.69, 9.17) is 9.52 Å². The van der Waals surface area contributed by atoms with E-state index in [1.165, 1.54) is 18.2 Å². The Kier molecular flexibility index (Phi) is 6.07. The Bertz CT molecular complexity index is 1130. The third-order valence-electron chi connectivity index (χ3n) is 4.22. The van der Waals surface area contributed by atoms with E-state index >= 15 is 0 Å². The number of nitrogens with one attached hydrogen (secondary N) is 1. The summed E-state index contributed by atoms with van der Waals surface area (Å²) in [5.41, 5.74) is 2.23. The molecule has 0 aliphatic carbocycles. The number of carbonyl (C=O) groups is 2. The molecule has 0 radical (unpaired) electrons. The number of hydrogen-bond donors (Lipinski definition) is 2. The van der Waals surface area contributed by atoms with Crippen molar-refractivity contribution in [3.8, 4) is 11.3 Å². The molecule has 30 heavy (non-hydrogen) atoms. The van der Waals surface area contributed by atoms with Gasteiger partial charge < -0.3 is 14.8 Å². The Labute approximate surface area is 171 Å². The highest BCUT2D eigenvalue weighted by Gasteiger charge is 2.18. The second kappa shape index (κ2) is 8.87. The normalized spacial score (nSPS) is 10.8. The molecule has 0 bridgehead atoms. The first kappa shape index (κ1) is 20.5. The SMILES string of the molecule is Cc1ccc(-c2ccc(/C=C/C(=O)Nc3ccc(CC(=O)O)cc3)o2)c([N+](=O)[O-])c1. The lowest BCUT2D eigenvalue weighted by Gasteiger charge is -2.03. The number of anilines is 1. The number of aryl methyl sites for hydroxylation is 1. The fraction of sp³-hybridized carbons (Fsp3) is 0.0909. The lowest BCUT2D eigenvalue weighted by atomic mass is 10.1. The van der Waals surface area contributed by atoms with Gasteiger partial charge in [-0.3, -0.25) is 19.7 Å². The molecule has 8 nitrogen and oxygen atoms in total. The van der Waals surface area contributed by atoms with Gasteiger partial charge in [0.05, 0.1) is 16.9 Å². The van der Waals surface area contributed by atoms with E-state index in [1.807, 2.05) is 0 Å². The molecule has 3 rings (SSSR count). The number of rotatable bonds is 7. The number of amides is 1. The van der Waals surface area contributed by atoms with Crippen molar-refractivity contribution in [2.45, 2.75) is 13.3 Å². The summed E-state index contributed by atoms with van der Waals surface area (Å²) in [6, 6.07) is 14.6. The fourth-order valence-electron chi connectivity index (χ4n) is 2.81. The molecule has 2 aromatic carbocycles. The van der Waals surface area contributed by atoms with Crippen LogP contribution in [0, 0.1) is 17.0 Å². The first-order chi connectivity index (χ1) is 14.3. The highest BCUT2D eigenvalue weighted by atomic mass is 16.6. The average molecular weight is 406 g/mol. The van der Waals surface area contributed by atoms with E-state index in [2.05, 4.69) is 5.32 Å². The second-order valence-corrected chi connectivity index (χ2v) is 6.57. The van der Waals surface area contributed by atoms with Crippen molar-refractivity contribution < 1.29 is 24.0 Å². The van der Waals surface area contributed by atoms with Crippen LogP contribution >= 0.6 is 0 Å². The number of nitro benzene ring substituents is 1. The summed E-state index contributed by atoms with van der Waals surface area (Å²) in [4.78, 5) is 33.6. The third kappa shape index (κ3) is 5.20. The van der Waals surface area contributed by atoms with Crippen LogP contribution in [-0.2, 0) is 16.0 Å². The number of carboxylic acids is 1. The van der Waals surface area contributed by atoms with Crippen molar-refractivity contribution in [1.29, 1.82) is 0 Å². The van der Waals surface area contributed by atoms with Gasteiger partial charge in [-0.2, -0.15) is 0 Å². The number of furan rings is 1. The predicted molar refractivity (Wildman–Crippen MR) is 111 cm³/mol. The zero-order chi connectivity index (χ0) is 21.7. The number of nitrogens with zero attached hydrogens (tertiary/aromatic N) is 1. The number of hydrogen-bond acceptors (Lipinski definition) is 5. The Hall–Kier alpha value is -4.20. The van der Waals surface area contributed by atoms with Gasteiger partial charge in [-0.05, 0) is 54.5 Å². The zero-order valence-corrected chi connectivity index (χ0v) is 16.0. The molecule has 0 fully saturated rings. The van der Waals surface area contributed by atoms with Crippen LogP contribution in [0.4, 0.5) is 11.4 Å². The molecule has 2 N–H and O–H groups in total. The van der Waals surface area contributed by atoms with Crippen molar-refractivity contribution in [2.24, 2.45) is 0 Å². The minimum atomic E-state index is -0.927. The van der Waals surface area contributed by atoms with Gasteiger partial charge in [0.2, 0.25) is 5.91 Å². The first-order valence-corrected chi connectivity index (χ1v) is 8.97. The monoisotopic (exact) mass is 406 g/mol. The summed E-state index contributed by atoms with van der Waals surface area (Å²) in [5.74, 6) is -0.633. The molecule has 0 aliphatic rings. The average Bonchev–Trinajstić information content (AvgIpc) is 3.16. The molecule has 152 valence electrons. The summed E-state index contributed by atoms with van der Waals surface area (Å²) in [6.07, 6.45) is 2.64. The number of nitro groups is 1. The number of aliphatic carboxylic acids is 1. The molecule has 0 spiro atoms. The number of benzene rings is 2. The largest absolute Gasteiger partial charge is 0.481 e. The Balaban J connectivity index is 1.68. The molecule has 0 saturated carbocycles. The Morgan fingerprint density at radius 3 is 2.53 bits per heavy atom. The zero-order valence-electron chi connectivity index (χ0n) is 16.0. The minimum absolute atomic E-state index is 0.0519. The summed E-state index contributed by atoms with van der Waals surface area (Å²) < 4.78 is 5.63. The molecule has 3 aromatic rings. The van der Waals surface area contributed by atoms with E-state index in [-0.39, 0.29) is 12.1 Å². The van der Waals surface area contributed by atoms with Crippen LogP contribution in [0.5, 0.6) is 0 Å². The molecule has 0 aliphatic heterocycles. The van der Waals surface area contributed by atoms with Gasteiger partial charge in [-0.15, -0.1) is 0 Å². The van der Waals surface area contributed by atoms with Gasteiger partial charge >= 0.3 is 5.97 Å². The standard InChI is InChI=1S/C22H18N2O6/c1-14-2-9-18(19(12-14)24(28)29)20-10-7-17(30-20)8-11-21(25)23-16-5-3-15(4-6-16)13-22(26)27/h2-12H,13H2,1H3,(H,23,25)(H,26,27)/b11-8+. The van der Waals surface area contributed by atoms with Gasteiger partial charge in [-0.1, -0.05) is 18.2 Å². The topological polar surface area (TPSA) is 123 Å². The number of carbonyl (C=O) groups excluding carboxylic acids is 1. The molecule has 0 saturated heterocycles. The molecular weight excluding hydrogens is 388 g/mol. The van der Waals surface area contributed by atoms with Crippen molar-refractivity contribution in [2.75, 3.05) is 5.32 Å². The van der Waals surface area contributed by atoms with E-state index in [1.54, 1.807) is 55.5 Å². The molecule has 8 heteroatoms. The van der Waals surface area contributed by atoms with Gasteiger partial charge in [0.15, 0.2) is 0 Å². The smallest absolute Gasteiger partial charge is 0.307 e. The van der Waals surface area contributed by atoms with Gasteiger partial charge in [0, 0.05) is 17.8 Å². The predicted octanol–water partition coefficient (Wildman–Crippen LogP) is 4.44. The number of carboxylic acid groups (broad SMARTS) is 1. The molecule has 1 amide bonds. The van der Waals surface area contributed by atoms with E-state index < -0.39 is 16.8 Å². The van der Waals surface area contributed by atoms with Crippen molar-refractivity contribution in [3.05, 3.63) is 87.7 Å². The molecule has 0 unspecified atom stereocenters. The fourth-order valence-corrected chi connectivity index (χ4v) is 2.81. The second-order valence-electron chi connectivity index (χ2n) is 6.57. The van der Waals surface area contributed by atoms with Crippen LogP contribution in [0.2, 0.25) is 0 Å². The molecule has 1 aromatic heterocycles. The van der Waals surface area contributed by atoms with Gasteiger partial charge in [0.25, 0.3) is 5.69 Å². The highest BCUT2D eigenvalue weighted by molar-refractivity contribution is 6.01. The molecular formula is C22H18N2O6. The van der Waals surface area contributed by atoms with Crippen LogP contribution < -0.4 is 5.32 Å². The van der Waals surface area contributed by atoms with Crippen molar-refractivity contribution in [3.63, 3.8) is 0 Å². The summed E-state index contributed by atoms with van der Waals surface area (Å²) in [5, 5.41) is 22.7. The van der Waals surface area contributed by atoms with Gasteiger partial charge in [-0.25, -0.2) is 0 Å². The lowest BCUT2D eigenvalue weighted by Crippen LogP contribution is -2.08. The lowest BCUT2D eigenvalue weighted by molar-refractivity contribution is -0.384. The van der Waals surface area contributed by atoms with Crippen LogP contribution in [0.25, 0.3) is 17.4 Å². The summed E-state index contributed by atoms with van der Waals surface area (Å²) in [7, 11) is 0. The minimum Gasteiger partial charge on any atom is -0.481 e. The van der Waals surface area contributed by atoms with Crippen LogP contribution in [0.1, 0.15) is 16.9 Å². The highest BCUT2D eigenvalue weighted by Crippen LogP contribution is 2.32. The Morgan fingerprint density at radius 1 is 1.13 bits per heavy atom. The maximum atomic E-state index is 12.1. The van der Waals surface area contributed by atoms with Crippen molar-refractivity contribution in [1.82, 2.24) is 0 Å². The van der Waals surface area contributed by atoms with E-state index in [0.29, 0.717) is 28.3 Å².